The van der Waals surface area contributed by atoms with Crippen molar-refractivity contribution < 1.29 is 13.2 Å². The summed E-state index contributed by atoms with van der Waals surface area (Å²) in [6.07, 6.45) is 0. The highest BCUT2D eigenvalue weighted by molar-refractivity contribution is 9.10. The van der Waals surface area contributed by atoms with E-state index in [4.69, 9.17) is 4.74 Å². The Bertz CT molecular complexity index is 942. The molecule has 0 saturated carbocycles. The minimum absolute atomic E-state index is 0.0989. The molecule has 3 rings (SSSR count). The third kappa shape index (κ3) is 4.12. The first-order chi connectivity index (χ1) is 12.0. The van der Waals surface area contributed by atoms with Gasteiger partial charge in [0.05, 0.1) is 13.2 Å². The van der Waals surface area contributed by atoms with Crippen molar-refractivity contribution in [3.05, 3.63) is 81.0 Å². The topological polar surface area (TPSA) is 55.4 Å². The molecular formula is C18H16BrNO3S2. The Morgan fingerprint density at radius 2 is 1.84 bits per heavy atom. The van der Waals surface area contributed by atoms with Crippen LogP contribution in [0.25, 0.3) is 0 Å². The summed E-state index contributed by atoms with van der Waals surface area (Å²) in [5.74, 6) is 0.300. The van der Waals surface area contributed by atoms with Gasteiger partial charge < -0.3 is 4.74 Å². The number of halogens is 1. The first-order valence-electron chi connectivity index (χ1n) is 7.45. The molecule has 0 saturated heterocycles. The average molecular weight is 438 g/mol. The van der Waals surface area contributed by atoms with E-state index in [1.54, 1.807) is 12.1 Å². The molecule has 1 aromatic heterocycles. The van der Waals surface area contributed by atoms with Gasteiger partial charge in [0.25, 0.3) is 0 Å². The summed E-state index contributed by atoms with van der Waals surface area (Å²) in [6.45, 7) is 0. The second kappa shape index (κ2) is 7.70. The number of benzene rings is 2. The highest BCUT2D eigenvalue weighted by atomic mass is 79.9. The zero-order chi connectivity index (χ0) is 17.9. The molecule has 25 heavy (non-hydrogen) atoms. The van der Waals surface area contributed by atoms with Crippen molar-refractivity contribution in [2.45, 2.75) is 10.9 Å². The third-order valence-corrected chi connectivity index (χ3v) is 6.52. The van der Waals surface area contributed by atoms with Gasteiger partial charge >= 0.3 is 0 Å². The van der Waals surface area contributed by atoms with Crippen LogP contribution in [0.2, 0.25) is 0 Å². The number of thiophene rings is 1. The first-order valence-corrected chi connectivity index (χ1v) is 10.6. The van der Waals surface area contributed by atoms with Crippen LogP contribution >= 0.6 is 27.3 Å². The van der Waals surface area contributed by atoms with E-state index in [9.17, 15) is 8.42 Å². The molecule has 4 nitrogen and oxygen atoms in total. The van der Waals surface area contributed by atoms with Crippen LogP contribution in [-0.2, 0) is 10.0 Å². The standard InChI is InChI=1S/C18H16BrNO3S2/c1-23-15-10-9-14(19)12-17(15)25(21,22)20-18(16-8-5-11-24-16)13-6-3-2-4-7-13/h2-12,18,20H,1H3/t18-/m1/s1. The Morgan fingerprint density at radius 1 is 1.08 bits per heavy atom. The lowest BCUT2D eigenvalue weighted by atomic mass is 10.1. The van der Waals surface area contributed by atoms with Gasteiger partial charge in [-0.3, -0.25) is 0 Å². The van der Waals surface area contributed by atoms with Crippen molar-refractivity contribution in [1.29, 1.82) is 0 Å². The summed E-state index contributed by atoms with van der Waals surface area (Å²) in [7, 11) is -2.34. The van der Waals surface area contributed by atoms with Crippen LogP contribution in [0.15, 0.2) is 75.4 Å². The van der Waals surface area contributed by atoms with E-state index in [0.29, 0.717) is 10.2 Å². The van der Waals surface area contributed by atoms with Gasteiger partial charge in [0, 0.05) is 9.35 Å². The zero-order valence-electron chi connectivity index (χ0n) is 13.3. The molecule has 0 unspecified atom stereocenters. The number of ether oxygens (including phenoxy) is 1. The lowest BCUT2D eigenvalue weighted by molar-refractivity contribution is 0.402. The fraction of sp³-hybridized carbons (Fsp3) is 0.111. The molecule has 1 atom stereocenters. The molecule has 0 amide bonds. The maximum Gasteiger partial charge on any atom is 0.245 e. The molecule has 0 fully saturated rings. The summed E-state index contributed by atoms with van der Waals surface area (Å²) in [4.78, 5) is 1.02. The molecular weight excluding hydrogens is 422 g/mol. The minimum Gasteiger partial charge on any atom is -0.495 e. The second-order valence-corrected chi connectivity index (χ2v) is 8.85. The summed E-state index contributed by atoms with van der Waals surface area (Å²) in [5.41, 5.74) is 0.877. The fourth-order valence-corrected chi connectivity index (χ4v) is 5.26. The number of sulfonamides is 1. The molecule has 3 aromatic rings. The van der Waals surface area contributed by atoms with Crippen molar-refractivity contribution in [3.8, 4) is 5.75 Å². The van der Waals surface area contributed by atoms with Gasteiger partial charge in [0.15, 0.2) is 0 Å². The number of hydrogen-bond donors (Lipinski definition) is 1. The molecule has 0 spiro atoms. The molecule has 1 heterocycles. The molecule has 0 bridgehead atoms. The SMILES string of the molecule is COc1ccc(Br)cc1S(=O)(=O)N[C@H](c1ccccc1)c1cccs1. The number of nitrogens with one attached hydrogen (secondary N) is 1. The third-order valence-electron chi connectivity index (χ3n) is 3.65. The predicted molar refractivity (Wildman–Crippen MR) is 104 cm³/mol. The maximum absolute atomic E-state index is 13.0. The van der Waals surface area contributed by atoms with Crippen molar-refractivity contribution >= 4 is 37.3 Å². The van der Waals surface area contributed by atoms with E-state index in [1.165, 1.54) is 24.5 Å². The van der Waals surface area contributed by atoms with Crippen LogP contribution in [-0.4, -0.2) is 15.5 Å². The van der Waals surface area contributed by atoms with Gasteiger partial charge in [-0.05, 0) is 35.2 Å². The minimum atomic E-state index is -3.80. The van der Waals surface area contributed by atoms with E-state index < -0.39 is 16.1 Å². The molecule has 0 aliphatic carbocycles. The highest BCUT2D eigenvalue weighted by Gasteiger charge is 2.26. The smallest absolute Gasteiger partial charge is 0.245 e. The van der Waals surface area contributed by atoms with Crippen molar-refractivity contribution in [3.63, 3.8) is 0 Å². The van der Waals surface area contributed by atoms with Crippen LogP contribution in [0.3, 0.4) is 0 Å². The van der Waals surface area contributed by atoms with E-state index >= 15 is 0 Å². The van der Waals surface area contributed by atoms with Gasteiger partial charge in [0.2, 0.25) is 10.0 Å². The normalized spacial score (nSPS) is 12.7. The van der Waals surface area contributed by atoms with Gasteiger partial charge in [-0.15, -0.1) is 11.3 Å². The van der Waals surface area contributed by atoms with Crippen molar-refractivity contribution in [2.24, 2.45) is 0 Å². The maximum atomic E-state index is 13.0. The first kappa shape index (κ1) is 18.1. The van der Waals surface area contributed by atoms with Gasteiger partial charge in [-0.2, -0.15) is 4.72 Å². The second-order valence-electron chi connectivity index (χ2n) is 5.28. The van der Waals surface area contributed by atoms with Gasteiger partial charge in [-0.1, -0.05) is 52.3 Å². The van der Waals surface area contributed by atoms with Gasteiger partial charge in [-0.25, -0.2) is 8.42 Å². The lowest BCUT2D eigenvalue weighted by Gasteiger charge is -2.19. The van der Waals surface area contributed by atoms with Gasteiger partial charge in [0.1, 0.15) is 10.6 Å². The molecule has 130 valence electrons. The monoisotopic (exact) mass is 437 g/mol. The molecule has 2 aromatic carbocycles. The van der Waals surface area contributed by atoms with E-state index in [0.717, 1.165) is 10.4 Å². The Hall–Kier alpha value is -1.67. The van der Waals surface area contributed by atoms with Crippen LogP contribution < -0.4 is 9.46 Å². The Balaban J connectivity index is 2.04. The Labute approximate surface area is 159 Å². The quantitative estimate of drug-likeness (QED) is 0.613. The summed E-state index contributed by atoms with van der Waals surface area (Å²) in [6, 6.07) is 17.8. The van der Waals surface area contributed by atoms with Crippen molar-refractivity contribution in [2.75, 3.05) is 7.11 Å². The van der Waals surface area contributed by atoms with Crippen molar-refractivity contribution in [1.82, 2.24) is 4.72 Å². The van der Waals surface area contributed by atoms with Crippen LogP contribution in [0, 0.1) is 0 Å². The summed E-state index contributed by atoms with van der Waals surface area (Å²) in [5, 5.41) is 1.93. The lowest BCUT2D eigenvalue weighted by Crippen LogP contribution is -2.29. The summed E-state index contributed by atoms with van der Waals surface area (Å²) < 4.78 is 34.8. The van der Waals surface area contributed by atoms with E-state index in [1.807, 2.05) is 47.8 Å². The van der Waals surface area contributed by atoms with Crippen LogP contribution in [0.4, 0.5) is 0 Å². The predicted octanol–water partition coefficient (Wildman–Crippen LogP) is 4.59. The Morgan fingerprint density at radius 3 is 2.48 bits per heavy atom. The molecule has 7 heteroatoms. The largest absolute Gasteiger partial charge is 0.495 e. The number of hydrogen-bond acceptors (Lipinski definition) is 4. The molecule has 0 aliphatic rings. The van der Waals surface area contributed by atoms with Crippen LogP contribution in [0.5, 0.6) is 5.75 Å². The summed E-state index contributed by atoms with van der Waals surface area (Å²) >= 11 is 4.83. The molecule has 0 aliphatic heterocycles. The molecule has 0 radical (unpaired) electrons. The molecule has 1 N–H and O–H groups in total. The number of rotatable bonds is 6. The highest BCUT2D eigenvalue weighted by Crippen LogP contribution is 2.31. The van der Waals surface area contributed by atoms with E-state index in [-0.39, 0.29) is 4.90 Å². The average Bonchev–Trinajstić information content (AvgIpc) is 3.15. The number of methoxy groups -OCH3 is 1. The Kier molecular flexibility index (Phi) is 5.58. The van der Waals surface area contributed by atoms with Crippen LogP contribution in [0.1, 0.15) is 16.5 Å². The zero-order valence-corrected chi connectivity index (χ0v) is 16.6. The van der Waals surface area contributed by atoms with E-state index in [2.05, 4.69) is 20.7 Å². The fourth-order valence-electron chi connectivity index (χ4n) is 2.47.